The first-order valence-corrected chi connectivity index (χ1v) is 6.25. The predicted molar refractivity (Wildman–Crippen MR) is 68.7 cm³/mol. The van der Waals surface area contributed by atoms with Crippen molar-refractivity contribution in [3.05, 3.63) is 17.0 Å². The van der Waals surface area contributed by atoms with Crippen molar-refractivity contribution >= 4 is 11.9 Å². The van der Waals surface area contributed by atoms with Crippen LogP contribution in [0.3, 0.4) is 0 Å². The third kappa shape index (κ3) is 4.39. The number of carboxylic acid groups (broad SMARTS) is 1. The summed E-state index contributed by atoms with van der Waals surface area (Å²) in [4.78, 5) is 22.9. The molecule has 0 aliphatic rings. The number of carbonyl (C=O) groups is 2. The second-order valence-electron chi connectivity index (χ2n) is 5.07. The van der Waals surface area contributed by atoms with Gasteiger partial charge in [0, 0.05) is 5.56 Å². The van der Waals surface area contributed by atoms with Crippen LogP contribution in [0.1, 0.15) is 37.3 Å². The van der Waals surface area contributed by atoms with Gasteiger partial charge in [0.25, 0.3) is 0 Å². The van der Waals surface area contributed by atoms with Crippen LogP contribution in [-0.2, 0) is 16.0 Å². The second-order valence-corrected chi connectivity index (χ2v) is 5.07. The van der Waals surface area contributed by atoms with Gasteiger partial charge in [0.2, 0.25) is 5.91 Å². The SMILES string of the molecule is Cc1noc(C)c1CC(=O)NC(CC(C)C)C(=O)O. The minimum atomic E-state index is -1.01. The summed E-state index contributed by atoms with van der Waals surface area (Å²) in [5.41, 5.74) is 1.37. The summed E-state index contributed by atoms with van der Waals surface area (Å²) in [5.74, 6) is -0.563. The summed E-state index contributed by atoms with van der Waals surface area (Å²) in [7, 11) is 0. The van der Waals surface area contributed by atoms with Crippen molar-refractivity contribution in [2.45, 2.75) is 46.6 Å². The van der Waals surface area contributed by atoms with Gasteiger partial charge < -0.3 is 14.9 Å². The number of aryl methyl sites for hydroxylation is 2. The molecular weight excluding hydrogens is 248 g/mol. The molecular formula is C13H20N2O4. The molecule has 0 saturated carbocycles. The number of nitrogens with zero attached hydrogens (tertiary/aromatic N) is 1. The van der Waals surface area contributed by atoms with E-state index in [0.29, 0.717) is 23.4 Å². The van der Waals surface area contributed by atoms with Crippen LogP contribution in [0.2, 0.25) is 0 Å². The van der Waals surface area contributed by atoms with E-state index in [1.165, 1.54) is 0 Å². The zero-order chi connectivity index (χ0) is 14.6. The molecule has 0 radical (unpaired) electrons. The topological polar surface area (TPSA) is 92.4 Å². The van der Waals surface area contributed by atoms with Crippen LogP contribution in [0.25, 0.3) is 0 Å². The Morgan fingerprint density at radius 1 is 1.37 bits per heavy atom. The van der Waals surface area contributed by atoms with Gasteiger partial charge in [0.05, 0.1) is 12.1 Å². The van der Waals surface area contributed by atoms with Gasteiger partial charge in [0.15, 0.2) is 0 Å². The zero-order valence-corrected chi connectivity index (χ0v) is 11.7. The lowest BCUT2D eigenvalue weighted by molar-refractivity contribution is -0.142. The maximum Gasteiger partial charge on any atom is 0.326 e. The standard InChI is InChI=1S/C13H20N2O4/c1-7(2)5-11(13(17)18)14-12(16)6-10-8(3)15-19-9(10)4/h7,11H,5-6H2,1-4H3,(H,14,16)(H,17,18). The molecule has 1 amide bonds. The molecule has 1 rings (SSSR count). The lowest BCUT2D eigenvalue weighted by atomic mass is 10.0. The van der Waals surface area contributed by atoms with Crippen molar-refractivity contribution < 1.29 is 19.2 Å². The molecule has 0 saturated heterocycles. The molecule has 1 atom stereocenters. The molecule has 1 aromatic rings. The van der Waals surface area contributed by atoms with Crippen LogP contribution in [-0.4, -0.2) is 28.2 Å². The Morgan fingerprint density at radius 2 is 2.00 bits per heavy atom. The van der Waals surface area contributed by atoms with Crippen LogP contribution < -0.4 is 5.32 Å². The van der Waals surface area contributed by atoms with E-state index in [4.69, 9.17) is 9.63 Å². The van der Waals surface area contributed by atoms with E-state index in [2.05, 4.69) is 10.5 Å². The fourth-order valence-corrected chi connectivity index (χ4v) is 1.85. The van der Waals surface area contributed by atoms with Crippen molar-refractivity contribution in [2.24, 2.45) is 5.92 Å². The highest BCUT2D eigenvalue weighted by molar-refractivity contribution is 5.85. The highest BCUT2D eigenvalue weighted by Crippen LogP contribution is 2.13. The molecule has 2 N–H and O–H groups in total. The van der Waals surface area contributed by atoms with Crippen molar-refractivity contribution in [1.29, 1.82) is 0 Å². The highest BCUT2D eigenvalue weighted by Gasteiger charge is 2.22. The lowest BCUT2D eigenvalue weighted by Crippen LogP contribution is -2.42. The third-order valence-corrected chi connectivity index (χ3v) is 2.86. The van der Waals surface area contributed by atoms with Gasteiger partial charge in [0.1, 0.15) is 11.8 Å². The van der Waals surface area contributed by atoms with Gasteiger partial charge >= 0.3 is 5.97 Å². The van der Waals surface area contributed by atoms with Gasteiger partial charge in [-0.3, -0.25) is 4.79 Å². The van der Waals surface area contributed by atoms with Crippen LogP contribution in [0.4, 0.5) is 0 Å². The highest BCUT2D eigenvalue weighted by atomic mass is 16.5. The summed E-state index contributed by atoms with van der Waals surface area (Å²) < 4.78 is 4.97. The Labute approximate surface area is 112 Å². The molecule has 0 aliphatic heterocycles. The summed E-state index contributed by atoms with van der Waals surface area (Å²) in [5, 5.41) is 15.4. The molecule has 1 unspecified atom stereocenters. The van der Waals surface area contributed by atoms with Crippen molar-refractivity contribution in [3.63, 3.8) is 0 Å². The van der Waals surface area contributed by atoms with E-state index in [1.807, 2.05) is 13.8 Å². The molecule has 6 nitrogen and oxygen atoms in total. The van der Waals surface area contributed by atoms with Crippen molar-refractivity contribution in [1.82, 2.24) is 10.5 Å². The average Bonchev–Trinajstić information content (AvgIpc) is 2.59. The van der Waals surface area contributed by atoms with Crippen molar-refractivity contribution in [3.8, 4) is 0 Å². The Morgan fingerprint density at radius 3 is 2.42 bits per heavy atom. The first-order valence-electron chi connectivity index (χ1n) is 6.25. The maximum atomic E-state index is 11.9. The number of hydrogen-bond acceptors (Lipinski definition) is 4. The van der Waals surface area contributed by atoms with Crippen LogP contribution in [0.5, 0.6) is 0 Å². The molecule has 106 valence electrons. The smallest absolute Gasteiger partial charge is 0.326 e. The number of carbonyl (C=O) groups excluding carboxylic acids is 1. The second kappa shape index (κ2) is 6.36. The molecule has 0 aromatic carbocycles. The van der Waals surface area contributed by atoms with Crippen molar-refractivity contribution in [2.75, 3.05) is 0 Å². The van der Waals surface area contributed by atoms with Gasteiger partial charge in [-0.2, -0.15) is 0 Å². The normalized spacial score (nSPS) is 12.5. The van der Waals surface area contributed by atoms with Gasteiger partial charge in [-0.15, -0.1) is 0 Å². The number of aliphatic carboxylic acids is 1. The average molecular weight is 268 g/mol. The summed E-state index contributed by atoms with van der Waals surface area (Å²) in [6, 6.07) is -0.854. The number of hydrogen-bond donors (Lipinski definition) is 2. The monoisotopic (exact) mass is 268 g/mol. The first kappa shape index (κ1) is 15.2. The van der Waals surface area contributed by atoms with Crippen LogP contribution in [0, 0.1) is 19.8 Å². The maximum absolute atomic E-state index is 11.9. The van der Waals surface area contributed by atoms with Gasteiger partial charge in [-0.1, -0.05) is 19.0 Å². The molecule has 0 aliphatic carbocycles. The third-order valence-electron chi connectivity index (χ3n) is 2.86. The van der Waals surface area contributed by atoms with Gasteiger partial charge in [-0.25, -0.2) is 4.79 Å². The Hall–Kier alpha value is -1.85. The summed E-state index contributed by atoms with van der Waals surface area (Å²) in [6.45, 7) is 7.31. The molecule has 1 aromatic heterocycles. The lowest BCUT2D eigenvalue weighted by Gasteiger charge is -2.16. The molecule has 1 heterocycles. The summed E-state index contributed by atoms with van der Waals surface area (Å²) >= 11 is 0. The number of carboxylic acids is 1. The largest absolute Gasteiger partial charge is 0.480 e. The number of amides is 1. The van der Waals surface area contributed by atoms with E-state index < -0.39 is 12.0 Å². The summed E-state index contributed by atoms with van der Waals surface area (Å²) in [6.07, 6.45) is 0.492. The molecule has 19 heavy (non-hydrogen) atoms. The van der Waals surface area contributed by atoms with E-state index >= 15 is 0 Å². The van der Waals surface area contributed by atoms with E-state index in [0.717, 1.165) is 0 Å². The number of rotatable bonds is 6. The minimum absolute atomic E-state index is 0.0864. The van der Waals surface area contributed by atoms with Crippen LogP contribution >= 0.6 is 0 Å². The Balaban J connectivity index is 2.65. The van der Waals surface area contributed by atoms with E-state index in [-0.39, 0.29) is 18.2 Å². The quantitative estimate of drug-likeness (QED) is 0.814. The van der Waals surface area contributed by atoms with Gasteiger partial charge in [-0.05, 0) is 26.2 Å². The molecule has 6 heteroatoms. The zero-order valence-electron chi connectivity index (χ0n) is 11.7. The molecule has 0 bridgehead atoms. The fraction of sp³-hybridized carbons (Fsp3) is 0.615. The Bertz CT molecular complexity index is 446. The Kier molecular flexibility index (Phi) is 5.09. The molecule has 0 spiro atoms. The van der Waals surface area contributed by atoms with E-state index in [1.54, 1.807) is 13.8 Å². The molecule has 0 fully saturated rings. The number of aromatic nitrogens is 1. The predicted octanol–water partition coefficient (Wildman–Crippen LogP) is 1.45. The van der Waals surface area contributed by atoms with E-state index in [9.17, 15) is 9.59 Å². The fourth-order valence-electron chi connectivity index (χ4n) is 1.85. The minimum Gasteiger partial charge on any atom is -0.480 e. The van der Waals surface area contributed by atoms with Crippen LogP contribution in [0.15, 0.2) is 4.52 Å². The first-order chi connectivity index (χ1) is 8.81. The number of nitrogens with one attached hydrogen (secondary N) is 1.